The number of benzene rings is 2. The Kier molecular flexibility index (Phi) is 5.70. The van der Waals surface area contributed by atoms with Crippen molar-refractivity contribution < 1.29 is 23.8 Å². The van der Waals surface area contributed by atoms with Crippen LogP contribution in [0.25, 0.3) is 6.08 Å². The second kappa shape index (κ2) is 8.74. The van der Waals surface area contributed by atoms with Gasteiger partial charge in [-0.2, -0.15) is 4.99 Å². The largest absolute Gasteiger partial charge is 0.493 e. The zero-order chi connectivity index (χ0) is 21.8. The van der Waals surface area contributed by atoms with Crippen molar-refractivity contribution in [2.24, 2.45) is 4.99 Å². The molecule has 2 aromatic carbocycles. The third-order valence-electron chi connectivity index (χ3n) is 4.53. The summed E-state index contributed by atoms with van der Waals surface area (Å²) in [6.45, 7) is 2.45. The number of methoxy groups -OCH3 is 1. The van der Waals surface area contributed by atoms with Gasteiger partial charge < -0.3 is 19.0 Å². The normalized spacial score (nSPS) is 16.5. The van der Waals surface area contributed by atoms with Crippen molar-refractivity contribution >= 4 is 23.7 Å². The number of nitrogens with one attached hydrogen (secondary N) is 1. The van der Waals surface area contributed by atoms with E-state index in [4.69, 9.17) is 24.5 Å². The van der Waals surface area contributed by atoms with Crippen LogP contribution in [0, 0.1) is 5.41 Å². The van der Waals surface area contributed by atoms with E-state index in [1.807, 2.05) is 30.3 Å². The average Bonchev–Trinajstić information content (AvgIpc) is 3.15. The number of nitrogens with zero attached hydrogens (tertiary/aromatic N) is 2. The fourth-order valence-corrected chi connectivity index (χ4v) is 3.09. The Labute approximate surface area is 179 Å². The number of hydrogen-bond donors (Lipinski definition) is 1. The SMILES string of the molecule is COc1cc(/C=C2/C(=N)N3OC(C)=CC3=NC2=O)ccc1OCCOc1ccccc1. The second-order valence-electron chi connectivity index (χ2n) is 6.74. The summed E-state index contributed by atoms with van der Waals surface area (Å²) in [6, 6.07) is 14.7. The fraction of sp³-hybridized carbons (Fsp3) is 0.174. The van der Waals surface area contributed by atoms with Crippen LogP contribution in [0.4, 0.5) is 0 Å². The first kappa shape index (κ1) is 20.2. The third kappa shape index (κ3) is 4.42. The Morgan fingerprint density at radius 1 is 1.10 bits per heavy atom. The minimum atomic E-state index is -0.497. The van der Waals surface area contributed by atoms with Crippen LogP contribution in [0.15, 0.2) is 70.9 Å². The first-order valence-corrected chi connectivity index (χ1v) is 9.64. The number of amides is 1. The first-order chi connectivity index (χ1) is 15.0. The highest BCUT2D eigenvalue weighted by Gasteiger charge is 2.34. The van der Waals surface area contributed by atoms with Gasteiger partial charge in [-0.15, -0.1) is 5.06 Å². The molecule has 0 radical (unpaired) electrons. The van der Waals surface area contributed by atoms with Gasteiger partial charge in [-0.05, 0) is 42.8 Å². The number of carbonyl (C=O) groups excluding carboxylic acids is 1. The lowest BCUT2D eigenvalue weighted by atomic mass is 10.1. The van der Waals surface area contributed by atoms with E-state index in [0.29, 0.717) is 41.9 Å². The van der Waals surface area contributed by atoms with Crippen molar-refractivity contribution in [1.29, 1.82) is 5.41 Å². The Bertz CT molecular complexity index is 1110. The summed E-state index contributed by atoms with van der Waals surface area (Å²) >= 11 is 0. The Balaban J connectivity index is 1.44. The van der Waals surface area contributed by atoms with Gasteiger partial charge in [0.2, 0.25) is 0 Å². The first-order valence-electron chi connectivity index (χ1n) is 9.64. The number of rotatable bonds is 7. The van der Waals surface area contributed by atoms with Crippen molar-refractivity contribution in [3.63, 3.8) is 0 Å². The molecule has 0 fully saturated rings. The van der Waals surface area contributed by atoms with Crippen LogP contribution in [0.5, 0.6) is 17.2 Å². The highest BCUT2D eigenvalue weighted by Crippen LogP contribution is 2.30. The van der Waals surface area contributed by atoms with E-state index in [-0.39, 0.29) is 11.4 Å². The maximum absolute atomic E-state index is 12.4. The van der Waals surface area contributed by atoms with Crippen molar-refractivity contribution in [2.45, 2.75) is 6.92 Å². The molecule has 2 aliphatic rings. The van der Waals surface area contributed by atoms with Gasteiger partial charge >= 0.3 is 0 Å². The fourth-order valence-electron chi connectivity index (χ4n) is 3.09. The van der Waals surface area contributed by atoms with Gasteiger partial charge in [-0.3, -0.25) is 10.2 Å². The number of aliphatic imine (C=N–C) groups is 1. The lowest BCUT2D eigenvalue weighted by Gasteiger charge is -2.23. The Hall–Kier alpha value is -4.07. The van der Waals surface area contributed by atoms with Gasteiger partial charge in [0, 0.05) is 6.08 Å². The molecule has 0 bridgehead atoms. The molecule has 0 aliphatic carbocycles. The average molecular weight is 419 g/mol. The molecule has 2 aromatic rings. The lowest BCUT2D eigenvalue weighted by Crippen LogP contribution is -2.38. The number of allylic oxidation sites excluding steroid dienone is 1. The van der Waals surface area contributed by atoms with Crippen molar-refractivity contribution in [1.82, 2.24) is 5.06 Å². The number of para-hydroxylation sites is 1. The quantitative estimate of drug-likeness (QED) is 0.544. The van der Waals surface area contributed by atoms with E-state index in [1.54, 1.807) is 37.3 Å². The molecule has 158 valence electrons. The Morgan fingerprint density at radius 2 is 1.87 bits per heavy atom. The minimum Gasteiger partial charge on any atom is -0.493 e. The molecule has 8 heteroatoms. The van der Waals surface area contributed by atoms with Crippen molar-refractivity contribution in [3.05, 3.63) is 71.5 Å². The summed E-state index contributed by atoms with van der Waals surface area (Å²) in [6.07, 6.45) is 3.19. The van der Waals surface area contributed by atoms with Gasteiger partial charge in [0.1, 0.15) is 24.7 Å². The summed E-state index contributed by atoms with van der Waals surface area (Å²) < 4.78 is 16.8. The van der Waals surface area contributed by atoms with Crippen LogP contribution in [-0.2, 0) is 9.63 Å². The molecule has 0 atom stereocenters. The molecule has 1 amide bonds. The molecular formula is C23H21N3O5. The standard InChI is InChI=1S/C23H21N3O5/c1-15-12-21-25-23(27)18(22(24)26(21)31-15)13-16-8-9-19(20(14-16)28-2)30-11-10-29-17-6-4-3-5-7-17/h3-9,12-14,24H,10-11H2,1-2H3/b18-13-,24-22?. The summed E-state index contributed by atoms with van der Waals surface area (Å²) in [7, 11) is 1.54. The van der Waals surface area contributed by atoms with E-state index in [0.717, 1.165) is 5.75 Å². The molecule has 2 heterocycles. The van der Waals surface area contributed by atoms with Gasteiger partial charge in [0.05, 0.1) is 12.7 Å². The molecule has 0 unspecified atom stereocenters. The van der Waals surface area contributed by atoms with Crippen LogP contribution in [0.1, 0.15) is 12.5 Å². The predicted molar refractivity (Wildman–Crippen MR) is 115 cm³/mol. The van der Waals surface area contributed by atoms with Gasteiger partial charge in [0.15, 0.2) is 23.2 Å². The van der Waals surface area contributed by atoms with E-state index >= 15 is 0 Å². The number of fused-ring (bicyclic) bond motifs is 1. The molecule has 0 saturated heterocycles. The molecule has 8 nitrogen and oxygen atoms in total. The van der Waals surface area contributed by atoms with Gasteiger partial charge in [0.25, 0.3) is 5.91 Å². The maximum Gasteiger partial charge on any atom is 0.282 e. The number of hydroxylamine groups is 2. The van der Waals surface area contributed by atoms with Crippen LogP contribution in [0.2, 0.25) is 0 Å². The van der Waals surface area contributed by atoms with Crippen molar-refractivity contribution in [3.8, 4) is 17.2 Å². The maximum atomic E-state index is 12.4. The van der Waals surface area contributed by atoms with Crippen LogP contribution >= 0.6 is 0 Å². The molecule has 1 N–H and O–H groups in total. The lowest BCUT2D eigenvalue weighted by molar-refractivity contribution is -0.114. The molecule has 4 rings (SSSR count). The molecule has 31 heavy (non-hydrogen) atoms. The summed E-state index contributed by atoms with van der Waals surface area (Å²) in [4.78, 5) is 21.8. The predicted octanol–water partition coefficient (Wildman–Crippen LogP) is 3.60. The number of ether oxygens (including phenoxy) is 3. The summed E-state index contributed by atoms with van der Waals surface area (Å²) in [5.74, 6) is 2.14. The van der Waals surface area contributed by atoms with E-state index in [9.17, 15) is 4.79 Å². The highest BCUT2D eigenvalue weighted by atomic mass is 16.7. The zero-order valence-electron chi connectivity index (χ0n) is 17.1. The van der Waals surface area contributed by atoms with E-state index < -0.39 is 5.91 Å². The molecule has 2 aliphatic heterocycles. The highest BCUT2D eigenvalue weighted by molar-refractivity contribution is 6.32. The molecular weight excluding hydrogens is 398 g/mol. The molecule has 0 spiro atoms. The number of carbonyl (C=O) groups is 1. The molecule has 0 aromatic heterocycles. The number of amidine groups is 2. The molecule has 0 saturated carbocycles. The minimum absolute atomic E-state index is 0.0690. The van der Waals surface area contributed by atoms with Gasteiger partial charge in [-0.25, -0.2) is 0 Å². The monoisotopic (exact) mass is 419 g/mol. The van der Waals surface area contributed by atoms with Crippen molar-refractivity contribution in [2.75, 3.05) is 20.3 Å². The van der Waals surface area contributed by atoms with E-state index in [1.165, 1.54) is 12.2 Å². The van der Waals surface area contributed by atoms with Crippen LogP contribution in [0.3, 0.4) is 0 Å². The smallest absolute Gasteiger partial charge is 0.282 e. The van der Waals surface area contributed by atoms with Crippen LogP contribution < -0.4 is 14.2 Å². The van der Waals surface area contributed by atoms with E-state index in [2.05, 4.69) is 4.99 Å². The summed E-state index contributed by atoms with van der Waals surface area (Å²) in [5.41, 5.74) is 0.791. The van der Waals surface area contributed by atoms with Gasteiger partial charge in [-0.1, -0.05) is 24.3 Å². The third-order valence-corrected chi connectivity index (χ3v) is 4.53. The van der Waals surface area contributed by atoms with Crippen LogP contribution in [-0.4, -0.2) is 43.0 Å². The number of hydrogen-bond acceptors (Lipinski definition) is 6. The summed E-state index contributed by atoms with van der Waals surface area (Å²) in [5, 5.41) is 9.52. The second-order valence-corrected chi connectivity index (χ2v) is 6.74. The zero-order valence-corrected chi connectivity index (χ0v) is 17.1. The topological polar surface area (TPSA) is 93.4 Å². The Morgan fingerprint density at radius 3 is 2.65 bits per heavy atom.